The number of carbonyl (C=O) groups is 1. The fourth-order valence-electron chi connectivity index (χ4n) is 2.25. The Bertz CT molecular complexity index is 432. The van der Waals surface area contributed by atoms with E-state index in [1.807, 2.05) is 6.92 Å². The zero-order valence-electron chi connectivity index (χ0n) is 10.7. The molecule has 0 aliphatic heterocycles. The molecule has 1 unspecified atom stereocenters. The Kier molecular flexibility index (Phi) is 3.97. The van der Waals surface area contributed by atoms with Gasteiger partial charge in [0.2, 0.25) is 5.91 Å². The summed E-state index contributed by atoms with van der Waals surface area (Å²) in [6.45, 7) is 1.92. The van der Waals surface area contributed by atoms with Gasteiger partial charge in [-0.05, 0) is 25.8 Å². The van der Waals surface area contributed by atoms with Crippen molar-refractivity contribution in [3.05, 3.63) is 35.6 Å². The molecular weight excluding hydrogens is 233 g/mol. The highest BCUT2D eigenvalue weighted by atomic mass is 19.1. The lowest BCUT2D eigenvalue weighted by Gasteiger charge is -2.29. The van der Waals surface area contributed by atoms with Gasteiger partial charge in [-0.25, -0.2) is 4.39 Å². The Balaban J connectivity index is 2.21. The minimum Gasteiger partial charge on any atom is -0.375 e. The summed E-state index contributed by atoms with van der Waals surface area (Å²) in [6.07, 6.45) is 1.99. The monoisotopic (exact) mass is 251 g/mol. The number of nitrogens with zero attached hydrogens (tertiary/aromatic N) is 1. The molecule has 0 N–H and O–H groups in total. The van der Waals surface area contributed by atoms with Crippen molar-refractivity contribution >= 4 is 5.91 Å². The third-order valence-electron chi connectivity index (χ3n) is 3.27. The van der Waals surface area contributed by atoms with Crippen molar-refractivity contribution in [1.82, 2.24) is 4.90 Å². The first kappa shape index (κ1) is 13.0. The van der Waals surface area contributed by atoms with E-state index in [0.29, 0.717) is 5.56 Å². The largest absolute Gasteiger partial charge is 0.375 e. The Morgan fingerprint density at radius 3 is 2.72 bits per heavy atom. The highest BCUT2D eigenvalue weighted by Crippen LogP contribution is 2.35. The molecule has 18 heavy (non-hydrogen) atoms. The summed E-state index contributed by atoms with van der Waals surface area (Å²) in [5.41, 5.74) is 0.564. The average Bonchev–Trinajstić information content (AvgIpc) is 3.14. The van der Waals surface area contributed by atoms with E-state index in [4.69, 9.17) is 4.74 Å². The van der Waals surface area contributed by atoms with Crippen LogP contribution in [0.3, 0.4) is 0 Å². The molecule has 1 aromatic rings. The van der Waals surface area contributed by atoms with Crippen LogP contribution < -0.4 is 0 Å². The molecule has 1 aromatic carbocycles. The molecule has 1 atom stereocenters. The molecule has 0 saturated heterocycles. The molecule has 0 radical (unpaired) electrons. The van der Waals surface area contributed by atoms with Crippen LogP contribution in [0, 0.1) is 5.82 Å². The number of carbonyl (C=O) groups excluding carboxylic acids is 1. The zero-order chi connectivity index (χ0) is 13.1. The fourth-order valence-corrected chi connectivity index (χ4v) is 2.25. The van der Waals surface area contributed by atoms with Crippen LogP contribution in [-0.2, 0) is 9.53 Å². The Morgan fingerprint density at radius 1 is 1.50 bits per heavy atom. The standard InChI is InChI=1S/C14H18FNO2/c1-10(12-5-3-4-6-13(12)15)16(11-7-8-11)14(17)9-18-2/h3-6,10-11H,7-9H2,1-2H3. The molecule has 0 spiro atoms. The van der Waals surface area contributed by atoms with Crippen molar-refractivity contribution in [1.29, 1.82) is 0 Å². The third kappa shape index (κ3) is 2.70. The van der Waals surface area contributed by atoms with E-state index in [9.17, 15) is 9.18 Å². The molecule has 1 aliphatic carbocycles. The number of ether oxygens (including phenoxy) is 1. The van der Waals surface area contributed by atoms with Gasteiger partial charge in [0, 0.05) is 18.7 Å². The Hall–Kier alpha value is -1.42. The quantitative estimate of drug-likeness (QED) is 0.804. The van der Waals surface area contributed by atoms with Crippen LogP contribution in [0.15, 0.2) is 24.3 Å². The number of hydrogen-bond acceptors (Lipinski definition) is 2. The summed E-state index contributed by atoms with van der Waals surface area (Å²) in [4.78, 5) is 13.8. The van der Waals surface area contributed by atoms with E-state index in [-0.39, 0.29) is 30.4 Å². The maximum Gasteiger partial charge on any atom is 0.249 e. The number of halogens is 1. The van der Waals surface area contributed by atoms with E-state index in [2.05, 4.69) is 0 Å². The highest BCUT2D eigenvalue weighted by Gasteiger charge is 2.36. The molecule has 1 amide bonds. The van der Waals surface area contributed by atoms with Gasteiger partial charge in [-0.3, -0.25) is 4.79 Å². The van der Waals surface area contributed by atoms with Crippen LogP contribution in [-0.4, -0.2) is 30.6 Å². The van der Waals surface area contributed by atoms with Gasteiger partial charge in [0.05, 0.1) is 6.04 Å². The maximum atomic E-state index is 13.8. The summed E-state index contributed by atoms with van der Waals surface area (Å²) in [5, 5.41) is 0. The summed E-state index contributed by atoms with van der Waals surface area (Å²) in [5.74, 6) is -0.336. The summed E-state index contributed by atoms with van der Waals surface area (Å²) < 4.78 is 18.7. The number of rotatable bonds is 5. The molecule has 0 heterocycles. The minimum atomic E-state index is -0.263. The fraction of sp³-hybridized carbons (Fsp3) is 0.500. The molecule has 1 fully saturated rings. The zero-order valence-corrected chi connectivity index (χ0v) is 10.7. The smallest absolute Gasteiger partial charge is 0.249 e. The third-order valence-corrected chi connectivity index (χ3v) is 3.27. The molecule has 3 nitrogen and oxygen atoms in total. The van der Waals surface area contributed by atoms with Gasteiger partial charge < -0.3 is 9.64 Å². The molecular formula is C14H18FNO2. The van der Waals surface area contributed by atoms with E-state index in [1.54, 1.807) is 23.1 Å². The number of methoxy groups -OCH3 is 1. The SMILES string of the molecule is COCC(=O)N(C1CC1)C(C)c1ccccc1F. The van der Waals surface area contributed by atoms with Crippen LogP contribution in [0.5, 0.6) is 0 Å². The van der Waals surface area contributed by atoms with Crippen molar-refractivity contribution in [2.24, 2.45) is 0 Å². The van der Waals surface area contributed by atoms with Gasteiger partial charge in [-0.1, -0.05) is 18.2 Å². The van der Waals surface area contributed by atoms with Crippen molar-refractivity contribution in [3.63, 3.8) is 0 Å². The number of amides is 1. The average molecular weight is 251 g/mol. The van der Waals surface area contributed by atoms with Gasteiger partial charge in [-0.15, -0.1) is 0 Å². The second-order valence-corrected chi connectivity index (χ2v) is 4.66. The van der Waals surface area contributed by atoms with Crippen LogP contribution >= 0.6 is 0 Å². The summed E-state index contributed by atoms with van der Waals surface area (Å²) in [7, 11) is 1.50. The van der Waals surface area contributed by atoms with Crippen molar-refractivity contribution in [2.45, 2.75) is 31.8 Å². The maximum absolute atomic E-state index is 13.8. The second kappa shape index (κ2) is 5.48. The molecule has 2 rings (SSSR count). The lowest BCUT2D eigenvalue weighted by molar-refractivity contribution is -0.138. The van der Waals surface area contributed by atoms with E-state index < -0.39 is 0 Å². The van der Waals surface area contributed by atoms with E-state index in [0.717, 1.165) is 12.8 Å². The number of hydrogen-bond donors (Lipinski definition) is 0. The van der Waals surface area contributed by atoms with Gasteiger partial charge in [-0.2, -0.15) is 0 Å². The second-order valence-electron chi connectivity index (χ2n) is 4.66. The van der Waals surface area contributed by atoms with E-state index >= 15 is 0 Å². The Labute approximate surface area is 107 Å². The van der Waals surface area contributed by atoms with Crippen molar-refractivity contribution < 1.29 is 13.9 Å². The van der Waals surface area contributed by atoms with Crippen LogP contribution in [0.25, 0.3) is 0 Å². The van der Waals surface area contributed by atoms with Crippen molar-refractivity contribution in [3.8, 4) is 0 Å². The first-order valence-corrected chi connectivity index (χ1v) is 6.19. The lowest BCUT2D eigenvalue weighted by atomic mass is 10.1. The van der Waals surface area contributed by atoms with Crippen LogP contribution in [0.2, 0.25) is 0 Å². The minimum absolute atomic E-state index is 0.0509. The number of benzene rings is 1. The van der Waals surface area contributed by atoms with Crippen LogP contribution in [0.4, 0.5) is 4.39 Å². The molecule has 1 saturated carbocycles. The molecule has 0 aromatic heterocycles. The molecule has 0 bridgehead atoms. The summed E-state index contributed by atoms with van der Waals surface area (Å²) >= 11 is 0. The Morgan fingerprint density at radius 2 is 2.17 bits per heavy atom. The predicted octanol–water partition coefficient (Wildman–Crippen LogP) is 2.52. The van der Waals surface area contributed by atoms with Crippen molar-refractivity contribution in [2.75, 3.05) is 13.7 Å². The topological polar surface area (TPSA) is 29.5 Å². The molecule has 98 valence electrons. The van der Waals surface area contributed by atoms with E-state index in [1.165, 1.54) is 13.2 Å². The lowest BCUT2D eigenvalue weighted by Crippen LogP contribution is -2.38. The van der Waals surface area contributed by atoms with Gasteiger partial charge >= 0.3 is 0 Å². The predicted molar refractivity (Wildman–Crippen MR) is 66.6 cm³/mol. The summed E-state index contributed by atoms with van der Waals surface area (Å²) in [6, 6.07) is 6.60. The van der Waals surface area contributed by atoms with Crippen LogP contribution in [0.1, 0.15) is 31.4 Å². The first-order chi connectivity index (χ1) is 8.65. The highest BCUT2D eigenvalue weighted by molar-refractivity contribution is 5.78. The first-order valence-electron chi connectivity index (χ1n) is 6.19. The van der Waals surface area contributed by atoms with Gasteiger partial charge in [0.15, 0.2) is 0 Å². The normalized spacial score (nSPS) is 16.4. The van der Waals surface area contributed by atoms with Gasteiger partial charge in [0.1, 0.15) is 12.4 Å². The molecule has 1 aliphatic rings. The van der Waals surface area contributed by atoms with Gasteiger partial charge in [0.25, 0.3) is 0 Å². The molecule has 4 heteroatoms.